The van der Waals surface area contributed by atoms with Gasteiger partial charge in [0.1, 0.15) is 11.8 Å². The highest BCUT2D eigenvalue weighted by atomic mass is 16.5. The molecule has 0 radical (unpaired) electrons. The van der Waals surface area contributed by atoms with Crippen LogP contribution in [0.1, 0.15) is 18.4 Å². The summed E-state index contributed by atoms with van der Waals surface area (Å²) in [5, 5.41) is 9.91. The number of methoxy groups -OCH3 is 1. The van der Waals surface area contributed by atoms with Gasteiger partial charge >= 0.3 is 5.97 Å². The van der Waals surface area contributed by atoms with Gasteiger partial charge in [-0.15, -0.1) is 0 Å². The fourth-order valence-corrected chi connectivity index (χ4v) is 2.10. The van der Waals surface area contributed by atoms with E-state index >= 15 is 0 Å². The van der Waals surface area contributed by atoms with Gasteiger partial charge in [-0.1, -0.05) is 19.1 Å². The molecule has 0 amide bonds. The highest BCUT2D eigenvalue weighted by Gasteiger charge is 2.24. The topological polar surface area (TPSA) is 88.3 Å². The van der Waals surface area contributed by atoms with Gasteiger partial charge in [-0.2, -0.15) is 0 Å². The molecule has 0 bridgehead atoms. The molecule has 0 aliphatic heterocycles. The number of aromatic nitrogens is 1. The second kappa shape index (κ2) is 4.70. The molecular weight excluding hydrogens is 232 g/mol. The summed E-state index contributed by atoms with van der Waals surface area (Å²) in [5.41, 5.74) is 7.42. The van der Waals surface area contributed by atoms with Gasteiger partial charge in [-0.25, -0.2) is 0 Å². The Labute approximate surface area is 105 Å². The average Bonchev–Trinajstić information content (AvgIpc) is 2.80. The highest BCUT2D eigenvalue weighted by Crippen LogP contribution is 2.31. The molecule has 2 atom stereocenters. The molecule has 4 N–H and O–H groups in total. The number of carbonyl (C=O) groups is 1. The number of H-pyrrole nitrogens is 1. The molecule has 1 heterocycles. The van der Waals surface area contributed by atoms with Gasteiger partial charge in [-0.05, 0) is 11.6 Å². The molecule has 0 saturated heterocycles. The Hall–Kier alpha value is -2.01. The maximum absolute atomic E-state index is 10.9. The first-order chi connectivity index (χ1) is 8.56. The number of ether oxygens (including phenoxy) is 1. The Kier molecular flexibility index (Phi) is 3.25. The summed E-state index contributed by atoms with van der Waals surface area (Å²) in [6.07, 6.45) is 1.79. The van der Waals surface area contributed by atoms with Gasteiger partial charge in [0.15, 0.2) is 0 Å². The summed E-state index contributed by atoms with van der Waals surface area (Å²) in [6.45, 7) is 1.81. The van der Waals surface area contributed by atoms with Crippen molar-refractivity contribution in [1.82, 2.24) is 4.98 Å². The van der Waals surface area contributed by atoms with Crippen LogP contribution in [0.2, 0.25) is 0 Å². The molecule has 2 rings (SSSR count). The number of aromatic amines is 1. The first-order valence-electron chi connectivity index (χ1n) is 5.68. The van der Waals surface area contributed by atoms with Crippen LogP contribution >= 0.6 is 0 Å². The second-order valence-electron chi connectivity index (χ2n) is 4.28. The number of para-hydroxylation sites is 1. The molecule has 5 heteroatoms. The predicted octanol–water partition coefficient (Wildman–Crippen LogP) is 1.69. The van der Waals surface area contributed by atoms with E-state index in [2.05, 4.69) is 4.98 Å². The maximum Gasteiger partial charge on any atom is 0.321 e. The number of nitrogens with two attached hydrogens (primary N) is 1. The van der Waals surface area contributed by atoms with Gasteiger partial charge in [0.2, 0.25) is 0 Å². The van der Waals surface area contributed by atoms with E-state index < -0.39 is 12.0 Å². The van der Waals surface area contributed by atoms with Gasteiger partial charge in [0.05, 0.1) is 12.6 Å². The lowest BCUT2D eigenvalue weighted by molar-refractivity contribution is -0.138. The molecule has 0 aliphatic rings. The fraction of sp³-hybridized carbons (Fsp3) is 0.308. The first kappa shape index (κ1) is 12.4. The van der Waals surface area contributed by atoms with Crippen LogP contribution in [0.3, 0.4) is 0 Å². The van der Waals surface area contributed by atoms with Crippen LogP contribution in [-0.4, -0.2) is 29.2 Å². The largest absolute Gasteiger partial charge is 0.495 e. The van der Waals surface area contributed by atoms with Crippen molar-refractivity contribution in [1.29, 1.82) is 0 Å². The zero-order valence-electron chi connectivity index (χ0n) is 10.3. The maximum atomic E-state index is 10.9. The van der Waals surface area contributed by atoms with Crippen molar-refractivity contribution in [3.8, 4) is 5.75 Å². The first-order valence-corrected chi connectivity index (χ1v) is 5.68. The molecule has 0 aliphatic carbocycles. The highest BCUT2D eigenvalue weighted by molar-refractivity contribution is 5.89. The number of rotatable bonds is 4. The zero-order valence-corrected chi connectivity index (χ0v) is 10.3. The number of carboxylic acids is 1. The van der Waals surface area contributed by atoms with Crippen molar-refractivity contribution >= 4 is 16.9 Å². The SMILES string of the molecule is COc1cccc2c([C@H](C)[C@H](N)C(=O)O)c[nH]c12. The Bertz CT molecular complexity index is 577. The molecule has 1 aromatic carbocycles. The summed E-state index contributed by atoms with van der Waals surface area (Å²) in [7, 11) is 1.60. The molecule has 96 valence electrons. The molecule has 0 fully saturated rings. The van der Waals surface area contributed by atoms with E-state index in [9.17, 15) is 4.79 Å². The van der Waals surface area contributed by atoms with Gasteiger partial charge < -0.3 is 20.6 Å². The Morgan fingerprint density at radius 3 is 2.83 bits per heavy atom. The number of aliphatic carboxylic acids is 1. The number of carboxylic acid groups (broad SMARTS) is 1. The lowest BCUT2D eigenvalue weighted by atomic mass is 9.93. The monoisotopic (exact) mass is 248 g/mol. The van der Waals surface area contributed by atoms with Crippen LogP contribution in [0.4, 0.5) is 0 Å². The van der Waals surface area contributed by atoms with Gasteiger partial charge in [0, 0.05) is 17.5 Å². The molecular formula is C13H16N2O3. The van der Waals surface area contributed by atoms with Crippen molar-refractivity contribution in [3.63, 3.8) is 0 Å². The zero-order chi connectivity index (χ0) is 13.3. The van der Waals surface area contributed by atoms with E-state index in [0.29, 0.717) is 0 Å². The predicted molar refractivity (Wildman–Crippen MR) is 68.9 cm³/mol. The van der Waals surface area contributed by atoms with Crippen LogP contribution < -0.4 is 10.5 Å². The molecule has 0 saturated carbocycles. The molecule has 5 nitrogen and oxygen atoms in total. The summed E-state index contributed by atoms with van der Waals surface area (Å²) in [4.78, 5) is 14.0. The third kappa shape index (κ3) is 1.93. The molecule has 0 unspecified atom stereocenters. The standard InChI is InChI=1S/C13H16N2O3/c1-7(11(14)13(16)17)9-6-15-12-8(9)4-3-5-10(12)18-2/h3-7,11,15H,14H2,1-2H3,(H,16,17)/t7-,11-/m0/s1. The van der Waals surface area contributed by atoms with Gasteiger partial charge in [-0.3, -0.25) is 4.79 Å². The van der Waals surface area contributed by atoms with Crippen LogP contribution in [0, 0.1) is 0 Å². The van der Waals surface area contributed by atoms with Crippen molar-refractivity contribution in [2.75, 3.05) is 7.11 Å². The minimum atomic E-state index is -1.00. The number of benzene rings is 1. The minimum absolute atomic E-state index is 0.275. The number of hydrogen-bond donors (Lipinski definition) is 3. The van der Waals surface area contributed by atoms with Crippen LogP contribution in [0.25, 0.3) is 10.9 Å². The molecule has 2 aromatic rings. The molecule has 0 spiro atoms. The summed E-state index contributed by atoms with van der Waals surface area (Å²) in [6, 6.07) is 4.73. The average molecular weight is 248 g/mol. The smallest absolute Gasteiger partial charge is 0.321 e. The molecule has 18 heavy (non-hydrogen) atoms. The number of hydrogen-bond acceptors (Lipinski definition) is 3. The number of fused-ring (bicyclic) bond motifs is 1. The number of nitrogens with one attached hydrogen (secondary N) is 1. The van der Waals surface area contributed by atoms with Crippen LogP contribution in [-0.2, 0) is 4.79 Å². The summed E-state index contributed by atoms with van der Waals surface area (Å²) >= 11 is 0. The lowest BCUT2D eigenvalue weighted by Crippen LogP contribution is -2.35. The summed E-state index contributed by atoms with van der Waals surface area (Å²) < 4.78 is 5.25. The van der Waals surface area contributed by atoms with E-state index in [1.807, 2.05) is 18.2 Å². The quantitative estimate of drug-likeness (QED) is 0.768. The minimum Gasteiger partial charge on any atom is -0.495 e. The van der Waals surface area contributed by atoms with Crippen LogP contribution in [0.15, 0.2) is 24.4 Å². The van der Waals surface area contributed by atoms with E-state index in [-0.39, 0.29) is 5.92 Å². The van der Waals surface area contributed by atoms with Crippen molar-refractivity contribution in [2.45, 2.75) is 18.9 Å². The Morgan fingerprint density at radius 1 is 1.50 bits per heavy atom. The lowest BCUT2D eigenvalue weighted by Gasteiger charge is -2.15. The fourth-order valence-electron chi connectivity index (χ4n) is 2.10. The second-order valence-corrected chi connectivity index (χ2v) is 4.28. The van der Waals surface area contributed by atoms with E-state index in [0.717, 1.165) is 22.2 Å². The normalized spacial score (nSPS) is 14.4. The van der Waals surface area contributed by atoms with Crippen molar-refractivity contribution < 1.29 is 14.6 Å². The third-order valence-corrected chi connectivity index (χ3v) is 3.24. The van der Waals surface area contributed by atoms with Crippen LogP contribution in [0.5, 0.6) is 5.75 Å². The summed E-state index contributed by atoms with van der Waals surface area (Å²) in [5.74, 6) is -0.544. The van der Waals surface area contributed by atoms with Crippen molar-refractivity contribution in [2.24, 2.45) is 5.73 Å². The molecule has 1 aromatic heterocycles. The van der Waals surface area contributed by atoms with E-state index in [1.165, 1.54) is 0 Å². The van der Waals surface area contributed by atoms with E-state index in [4.69, 9.17) is 15.6 Å². The van der Waals surface area contributed by atoms with Gasteiger partial charge in [0.25, 0.3) is 0 Å². The third-order valence-electron chi connectivity index (χ3n) is 3.24. The van der Waals surface area contributed by atoms with Crippen molar-refractivity contribution in [3.05, 3.63) is 30.0 Å². The Morgan fingerprint density at radius 2 is 2.22 bits per heavy atom. The van der Waals surface area contributed by atoms with E-state index in [1.54, 1.807) is 20.2 Å². The Balaban J connectivity index is 2.50.